The molecule has 2 aromatic rings. The van der Waals surface area contributed by atoms with Gasteiger partial charge < -0.3 is 15.4 Å². The molecule has 2 amide bonds. The van der Waals surface area contributed by atoms with Crippen molar-refractivity contribution >= 4 is 23.4 Å². The summed E-state index contributed by atoms with van der Waals surface area (Å²) in [5, 5.41) is 6.51. The first kappa shape index (κ1) is 19.2. The molecule has 5 nitrogen and oxygen atoms in total. The SMILES string of the molecule is COc1ccc(CNC(=O)C2CC2C(=O)NCCc2ccc(Cl)cc2)cc1. The maximum Gasteiger partial charge on any atom is 0.224 e. The number of hydrogen-bond donors (Lipinski definition) is 2. The Morgan fingerprint density at radius 2 is 1.56 bits per heavy atom. The first-order chi connectivity index (χ1) is 13.1. The number of carbonyl (C=O) groups is 2. The van der Waals surface area contributed by atoms with Gasteiger partial charge in [-0.2, -0.15) is 0 Å². The molecule has 2 N–H and O–H groups in total. The third-order valence-electron chi connectivity index (χ3n) is 4.72. The van der Waals surface area contributed by atoms with Crippen LogP contribution >= 0.6 is 11.6 Å². The van der Waals surface area contributed by atoms with Crippen LogP contribution in [-0.4, -0.2) is 25.5 Å². The van der Waals surface area contributed by atoms with Gasteiger partial charge in [-0.05, 0) is 48.2 Å². The molecule has 2 atom stereocenters. The highest BCUT2D eigenvalue weighted by atomic mass is 35.5. The third kappa shape index (κ3) is 5.47. The van der Waals surface area contributed by atoms with Gasteiger partial charge >= 0.3 is 0 Å². The van der Waals surface area contributed by atoms with Crippen molar-refractivity contribution < 1.29 is 14.3 Å². The zero-order valence-electron chi connectivity index (χ0n) is 15.2. The van der Waals surface area contributed by atoms with Crippen molar-refractivity contribution in [3.63, 3.8) is 0 Å². The van der Waals surface area contributed by atoms with Crippen molar-refractivity contribution in [1.82, 2.24) is 10.6 Å². The van der Waals surface area contributed by atoms with Gasteiger partial charge in [-0.3, -0.25) is 9.59 Å². The Hall–Kier alpha value is -2.53. The van der Waals surface area contributed by atoms with Crippen LogP contribution in [0.25, 0.3) is 0 Å². The molecule has 0 heterocycles. The Labute approximate surface area is 164 Å². The normalized spacial score (nSPS) is 17.9. The summed E-state index contributed by atoms with van der Waals surface area (Å²) in [6, 6.07) is 15.1. The van der Waals surface area contributed by atoms with Gasteiger partial charge in [0.1, 0.15) is 5.75 Å². The lowest BCUT2D eigenvalue weighted by Crippen LogP contribution is -2.31. The molecule has 2 unspecified atom stereocenters. The van der Waals surface area contributed by atoms with Crippen molar-refractivity contribution in [2.24, 2.45) is 11.8 Å². The lowest BCUT2D eigenvalue weighted by molar-refractivity contribution is -0.127. The zero-order chi connectivity index (χ0) is 19.2. The van der Waals surface area contributed by atoms with Crippen LogP contribution in [0.15, 0.2) is 48.5 Å². The highest BCUT2D eigenvalue weighted by Gasteiger charge is 2.47. The van der Waals surface area contributed by atoms with Gasteiger partial charge in [-0.25, -0.2) is 0 Å². The first-order valence-electron chi connectivity index (χ1n) is 8.99. The quantitative estimate of drug-likeness (QED) is 0.733. The first-order valence-corrected chi connectivity index (χ1v) is 9.37. The number of nitrogens with one attached hydrogen (secondary N) is 2. The number of halogens is 1. The number of hydrogen-bond acceptors (Lipinski definition) is 3. The van der Waals surface area contributed by atoms with Crippen LogP contribution in [0.4, 0.5) is 0 Å². The van der Waals surface area contributed by atoms with Crippen molar-refractivity contribution in [3.8, 4) is 5.75 Å². The van der Waals surface area contributed by atoms with Crippen LogP contribution in [-0.2, 0) is 22.6 Å². The Bertz CT molecular complexity index is 790. The highest BCUT2D eigenvalue weighted by molar-refractivity contribution is 6.30. The van der Waals surface area contributed by atoms with Crippen molar-refractivity contribution in [2.75, 3.05) is 13.7 Å². The van der Waals surface area contributed by atoms with Crippen LogP contribution in [0, 0.1) is 11.8 Å². The predicted molar refractivity (Wildman–Crippen MR) is 105 cm³/mol. The molecule has 0 aliphatic heterocycles. The molecule has 3 rings (SSSR count). The second-order valence-corrected chi connectivity index (χ2v) is 7.12. The zero-order valence-corrected chi connectivity index (χ0v) is 16.0. The van der Waals surface area contributed by atoms with Gasteiger partial charge in [0.25, 0.3) is 0 Å². The van der Waals surface area contributed by atoms with E-state index < -0.39 is 0 Å². The molecule has 1 fully saturated rings. The van der Waals surface area contributed by atoms with Crippen LogP contribution in [0.3, 0.4) is 0 Å². The largest absolute Gasteiger partial charge is 0.497 e. The van der Waals surface area contributed by atoms with Gasteiger partial charge in [-0.15, -0.1) is 0 Å². The summed E-state index contributed by atoms with van der Waals surface area (Å²) >= 11 is 5.86. The summed E-state index contributed by atoms with van der Waals surface area (Å²) in [4.78, 5) is 24.4. The van der Waals surface area contributed by atoms with E-state index in [0.29, 0.717) is 24.5 Å². The van der Waals surface area contributed by atoms with E-state index in [0.717, 1.165) is 23.3 Å². The summed E-state index contributed by atoms with van der Waals surface area (Å²) in [6.07, 6.45) is 1.35. The van der Waals surface area contributed by atoms with E-state index in [1.54, 1.807) is 7.11 Å². The molecule has 2 aromatic carbocycles. The Morgan fingerprint density at radius 3 is 2.19 bits per heavy atom. The second kappa shape index (κ2) is 8.91. The number of carbonyl (C=O) groups excluding carboxylic acids is 2. The lowest BCUT2D eigenvalue weighted by Gasteiger charge is -2.07. The molecule has 0 bridgehead atoms. The van der Waals surface area contributed by atoms with Gasteiger partial charge in [-0.1, -0.05) is 35.9 Å². The van der Waals surface area contributed by atoms with Gasteiger partial charge in [0.2, 0.25) is 11.8 Å². The average Bonchev–Trinajstić information content (AvgIpc) is 3.49. The summed E-state index contributed by atoms with van der Waals surface area (Å²) in [7, 11) is 1.62. The van der Waals surface area contributed by atoms with Crippen molar-refractivity contribution in [2.45, 2.75) is 19.4 Å². The molecular weight excluding hydrogens is 364 g/mol. The van der Waals surface area contributed by atoms with E-state index >= 15 is 0 Å². The minimum absolute atomic E-state index is 0.0476. The molecule has 1 saturated carbocycles. The molecule has 1 aliphatic rings. The maximum atomic E-state index is 12.2. The molecule has 0 saturated heterocycles. The molecule has 0 radical (unpaired) electrons. The van der Waals surface area contributed by atoms with Gasteiger partial charge in [0.15, 0.2) is 0 Å². The lowest BCUT2D eigenvalue weighted by atomic mass is 10.1. The van der Waals surface area contributed by atoms with Gasteiger partial charge in [0.05, 0.1) is 18.9 Å². The summed E-state index contributed by atoms with van der Waals surface area (Å²) < 4.78 is 5.11. The van der Waals surface area contributed by atoms with Crippen LogP contribution in [0.5, 0.6) is 5.75 Å². The van der Waals surface area contributed by atoms with E-state index in [2.05, 4.69) is 10.6 Å². The number of ether oxygens (including phenoxy) is 1. The van der Waals surface area contributed by atoms with Crippen molar-refractivity contribution in [3.05, 3.63) is 64.7 Å². The Morgan fingerprint density at radius 1 is 0.963 bits per heavy atom. The number of methoxy groups -OCH3 is 1. The fourth-order valence-electron chi connectivity index (χ4n) is 2.95. The minimum Gasteiger partial charge on any atom is -0.497 e. The summed E-state index contributed by atoms with van der Waals surface area (Å²) in [5.41, 5.74) is 2.11. The smallest absolute Gasteiger partial charge is 0.224 e. The molecule has 0 spiro atoms. The topological polar surface area (TPSA) is 67.4 Å². The molecule has 0 aromatic heterocycles. The van der Waals surface area contributed by atoms with Gasteiger partial charge in [0, 0.05) is 18.1 Å². The molecule has 1 aliphatic carbocycles. The van der Waals surface area contributed by atoms with E-state index in [1.807, 2.05) is 48.5 Å². The molecule has 142 valence electrons. The minimum atomic E-state index is -0.223. The summed E-state index contributed by atoms with van der Waals surface area (Å²) in [5.74, 6) is 0.227. The fourth-order valence-corrected chi connectivity index (χ4v) is 3.08. The number of benzene rings is 2. The van der Waals surface area contributed by atoms with Crippen LogP contribution in [0.1, 0.15) is 17.5 Å². The van der Waals surface area contributed by atoms with Crippen LogP contribution in [0.2, 0.25) is 5.02 Å². The Kier molecular flexibility index (Phi) is 6.35. The van der Waals surface area contributed by atoms with E-state index in [1.165, 1.54) is 0 Å². The van der Waals surface area contributed by atoms with E-state index in [9.17, 15) is 9.59 Å². The number of rotatable bonds is 8. The Balaban J connectivity index is 1.36. The predicted octanol–water partition coefficient (Wildman–Crippen LogP) is 2.96. The standard InChI is InChI=1S/C21H23ClN2O3/c1-27-17-8-4-15(5-9-17)13-24-21(26)19-12-18(19)20(25)23-11-10-14-2-6-16(22)7-3-14/h2-9,18-19H,10-13H2,1H3,(H,23,25)(H,24,26). The molecule has 6 heteroatoms. The second-order valence-electron chi connectivity index (χ2n) is 6.68. The van der Waals surface area contributed by atoms with E-state index in [-0.39, 0.29) is 23.7 Å². The number of amides is 2. The van der Waals surface area contributed by atoms with Crippen molar-refractivity contribution in [1.29, 1.82) is 0 Å². The molecule has 27 heavy (non-hydrogen) atoms. The average molecular weight is 387 g/mol. The fraction of sp³-hybridized carbons (Fsp3) is 0.333. The molecular formula is C21H23ClN2O3. The third-order valence-corrected chi connectivity index (χ3v) is 4.97. The highest BCUT2D eigenvalue weighted by Crippen LogP contribution is 2.38. The maximum absolute atomic E-state index is 12.2. The monoisotopic (exact) mass is 386 g/mol. The van der Waals surface area contributed by atoms with E-state index in [4.69, 9.17) is 16.3 Å². The summed E-state index contributed by atoms with van der Waals surface area (Å²) in [6.45, 7) is 1.00. The van der Waals surface area contributed by atoms with Crippen LogP contribution < -0.4 is 15.4 Å².